The molecule has 0 fully saturated rings. The van der Waals surface area contributed by atoms with E-state index in [2.05, 4.69) is 11.9 Å². The molecule has 204 valence electrons. The Bertz CT molecular complexity index is 1320. The highest BCUT2D eigenvalue weighted by Crippen LogP contribution is 2.31. The zero-order chi connectivity index (χ0) is 29.0. The molecule has 2 amide bonds. The van der Waals surface area contributed by atoms with Gasteiger partial charge in [-0.2, -0.15) is 26.3 Å². The maximum absolute atomic E-state index is 13.5. The van der Waals surface area contributed by atoms with Gasteiger partial charge < -0.3 is 15.3 Å². The Hall–Kier alpha value is -4.61. The molecule has 3 aromatic rings. The first-order valence-corrected chi connectivity index (χ1v) is 11.1. The van der Waals surface area contributed by atoms with Crippen LogP contribution in [-0.4, -0.2) is 27.8 Å². The number of aromatic carboxylic acids is 1. The average molecular weight is 550 g/mol. The summed E-state index contributed by atoms with van der Waals surface area (Å²) in [6.45, 7) is 2.72. The fourth-order valence-corrected chi connectivity index (χ4v) is 3.59. The van der Waals surface area contributed by atoms with Gasteiger partial charge >= 0.3 is 18.3 Å². The van der Waals surface area contributed by atoms with Crippen molar-refractivity contribution < 1.29 is 45.8 Å². The molecule has 2 N–H and O–H groups in total. The van der Waals surface area contributed by atoms with E-state index in [1.165, 1.54) is 6.07 Å². The predicted molar refractivity (Wildman–Crippen MR) is 129 cm³/mol. The lowest BCUT2D eigenvalue weighted by Crippen LogP contribution is -2.31. The van der Waals surface area contributed by atoms with E-state index >= 15 is 0 Å². The van der Waals surface area contributed by atoms with E-state index in [-0.39, 0.29) is 35.5 Å². The van der Waals surface area contributed by atoms with Crippen LogP contribution in [-0.2, 0) is 30.2 Å². The van der Waals surface area contributed by atoms with Gasteiger partial charge in [-0.1, -0.05) is 30.8 Å². The van der Waals surface area contributed by atoms with Crippen molar-refractivity contribution in [2.45, 2.75) is 25.4 Å². The fraction of sp³-hybridized carbons (Fsp3) is 0.148. The van der Waals surface area contributed by atoms with Crippen molar-refractivity contribution in [1.29, 1.82) is 0 Å². The van der Waals surface area contributed by atoms with Gasteiger partial charge in [-0.25, -0.2) is 4.79 Å². The van der Waals surface area contributed by atoms with Crippen LogP contribution in [0.1, 0.15) is 43.0 Å². The Kier molecular flexibility index (Phi) is 8.48. The summed E-state index contributed by atoms with van der Waals surface area (Å²) >= 11 is 0. The number of carbonyl (C=O) groups is 3. The van der Waals surface area contributed by atoms with Gasteiger partial charge in [0.05, 0.1) is 22.3 Å². The summed E-state index contributed by atoms with van der Waals surface area (Å²) in [7, 11) is 0. The lowest BCUT2D eigenvalue weighted by atomic mass is 10.0. The highest BCUT2D eigenvalue weighted by atomic mass is 19.4. The van der Waals surface area contributed by atoms with Crippen LogP contribution in [0.2, 0.25) is 0 Å². The molecule has 0 saturated heterocycles. The van der Waals surface area contributed by atoms with Gasteiger partial charge in [0.25, 0.3) is 5.91 Å². The largest absolute Gasteiger partial charge is 0.478 e. The lowest BCUT2D eigenvalue weighted by molar-refractivity contribution is -0.138. The third-order valence-corrected chi connectivity index (χ3v) is 5.53. The fourth-order valence-electron chi connectivity index (χ4n) is 3.59. The smallest absolute Gasteiger partial charge is 0.416 e. The third-order valence-electron chi connectivity index (χ3n) is 5.53. The first-order chi connectivity index (χ1) is 18.2. The number of hydrogen-bond donors (Lipinski definition) is 2. The lowest BCUT2D eigenvalue weighted by Gasteiger charge is -2.24. The van der Waals surface area contributed by atoms with E-state index in [4.69, 9.17) is 0 Å². The Morgan fingerprint density at radius 1 is 0.769 bits per heavy atom. The Morgan fingerprint density at radius 3 is 1.62 bits per heavy atom. The van der Waals surface area contributed by atoms with Gasteiger partial charge in [0.15, 0.2) is 0 Å². The number of nitrogens with one attached hydrogen (secondary N) is 1. The van der Waals surface area contributed by atoms with E-state index in [0.29, 0.717) is 0 Å². The number of alkyl halides is 6. The molecule has 0 atom stereocenters. The summed E-state index contributed by atoms with van der Waals surface area (Å²) in [4.78, 5) is 38.1. The minimum absolute atomic E-state index is 0.0610. The van der Waals surface area contributed by atoms with Crippen molar-refractivity contribution in [3.8, 4) is 0 Å². The van der Waals surface area contributed by atoms with Crippen LogP contribution in [0, 0.1) is 0 Å². The van der Waals surface area contributed by atoms with Gasteiger partial charge in [0.1, 0.15) is 0 Å². The van der Waals surface area contributed by atoms with E-state index < -0.39 is 46.8 Å². The molecule has 3 aromatic carbocycles. The zero-order valence-electron chi connectivity index (χ0n) is 19.9. The molecule has 0 aliphatic rings. The normalized spacial score (nSPS) is 11.5. The molecule has 6 nitrogen and oxygen atoms in total. The van der Waals surface area contributed by atoms with E-state index in [1.807, 2.05) is 0 Å². The number of halogens is 6. The monoisotopic (exact) mass is 550 g/mol. The van der Waals surface area contributed by atoms with Gasteiger partial charge in [-0.15, -0.1) is 0 Å². The van der Waals surface area contributed by atoms with Crippen LogP contribution in [0.4, 0.5) is 32.0 Å². The van der Waals surface area contributed by atoms with E-state index in [1.54, 1.807) is 0 Å². The second-order valence-corrected chi connectivity index (χ2v) is 8.31. The summed E-state index contributed by atoms with van der Waals surface area (Å²) in [5.41, 5.74) is -2.05. The molecule has 0 heterocycles. The molecule has 0 unspecified atom stereocenters. The maximum Gasteiger partial charge on any atom is 0.416 e. The van der Waals surface area contributed by atoms with Crippen molar-refractivity contribution >= 4 is 23.5 Å². The molecule has 0 aliphatic carbocycles. The number of hydrogen-bond acceptors (Lipinski definition) is 3. The number of amides is 2. The van der Waals surface area contributed by atoms with Gasteiger partial charge in [0.2, 0.25) is 5.91 Å². The molecule has 0 saturated carbocycles. The summed E-state index contributed by atoms with van der Waals surface area (Å²) in [6.07, 6.45) is -8.23. The van der Waals surface area contributed by atoms with Crippen LogP contribution in [0.3, 0.4) is 0 Å². The Balaban J connectivity index is 1.99. The summed E-state index contributed by atoms with van der Waals surface area (Å²) in [5, 5.41) is 12.1. The zero-order valence-corrected chi connectivity index (χ0v) is 19.9. The number of rotatable bonds is 8. The predicted octanol–water partition coefficient (Wildman–Crippen LogP) is 6.39. The summed E-state index contributed by atoms with van der Waals surface area (Å²) < 4.78 is 77.8. The molecular formula is C27H20F6N2O4. The number of benzene rings is 3. The molecule has 0 aliphatic heterocycles. The van der Waals surface area contributed by atoms with E-state index in [0.717, 1.165) is 71.6 Å². The molecule has 3 rings (SSSR count). The van der Waals surface area contributed by atoms with Crippen molar-refractivity contribution in [2.24, 2.45) is 0 Å². The van der Waals surface area contributed by atoms with E-state index in [9.17, 15) is 45.8 Å². The first kappa shape index (κ1) is 29.0. The second-order valence-electron chi connectivity index (χ2n) is 8.31. The molecule has 12 heteroatoms. The number of nitrogens with zero attached hydrogens (tertiary/aromatic N) is 1. The Morgan fingerprint density at radius 2 is 1.23 bits per heavy atom. The average Bonchev–Trinajstić information content (AvgIpc) is 2.87. The summed E-state index contributed by atoms with van der Waals surface area (Å²) in [5.74, 6) is -2.98. The van der Waals surface area contributed by atoms with Gasteiger partial charge in [-0.3, -0.25) is 9.59 Å². The van der Waals surface area contributed by atoms with Crippen LogP contribution < -0.4 is 5.32 Å². The third kappa shape index (κ3) is 7.46. The molecule has 0 aromatic heterocycles. The minimum atomic E-state index is -4.59. The second kappa shape index (κ2) is 11.4. The minimum Gasteiger partial charge on any atom is -0.478 e. The number of anilines is 1. The van der Waals surface area contributed by atoms with Crippen molar-refractivity contribution in [1.82, 2.24) is 4.90 Å². The molecule has 0 radical (unpaired) electrons. The van der Waals surface area contributed by atoms with Crippen molar-refractivity contribution in [3.63, 3.8) is 0 Å². The van der Waals surface area contributed by atoms with Gasteiger partial charge in [-0.05, 0) is 59.7 Å². The van der Waals surface area contributed by atoms with Crippen LogP contribution in [0.5, 0.6) is 0 Å². The Labute approximate surface area is 218 Å². The number of carboxylic acid groups (broad SMARTS) is 1. The maximum atomic E-state index is 13.5. The number of carbonyl (C=O) groups excluding carboxylic acids is 2. The van der Waals surface area contributed by atoms with Gasteiger partial charge in [0, 0.05) is 18.8 Å². The highest BCUT2D eigenvalue weighted by Gasteiger charge is 2.31. The van der Waals surface area contributed by atoms with Crippen LogP contribution >= 0.6 is 0 Å². The molecule has 0 spiro atoms. The van der Waals surface area contributed by atoms with Crippen molar-refractivity contribution in [2.75, 3.05) is 5.32 Å². The number of carboxylic acids is 1. The quantitative estimate of drug-likeness (QED) is 0.252. The standard InChI is InChI=1S/C27H20F6N2O4/c1-2-23(36)34-20-11-12-21(22(13-20)25(38)39)24(37)35(14-16-3-7-18(8-4-16)26(28,29)30)15-17-5-9-19(10-6-17)27(31,32)33/h2-13H,1,14-15H2,(H,34,36)(H,38,39). The SMILES string of the molecule is C=CC(=O)Nc1ccc(C(=O)N(Cc2ccc(C(F)(F)F)cc2)Cc2ccc(C(F)(F)F)cc2)c(C(=O)O)c1. The highest BCUT2D eigenvalue weighted by molar-refractivity contribution is 6.06. The topological polar surface area (TPSA) is 86.7 Å². The summed E-state index contributed by atoms with van der Waals surface area (Å²) in [6, 6.07) is 11.3. The first-order valence-electron chi connectivity index (χ1n) is 11.1. The molecular weight excluding hydrogens is 530 g/mol. The van der Waals surface area contributed by atoms with Crippen LogP contribution in [0.25, 0.3) is 0 Å². The molecule has 0 bridgehead atoms. The van der Waals surface area contributed by atoms with Crippen LogP contribution in [0.15, 0.2) is 79.4 Å². The molecule has 39 heavy (non-hydrogen) atoms. The van der Waals surface area contributed by atoms with Crippen molar-refractivity contribution in [3.05, 3.63) is 113 Å².